The van der Waals surface area contributed by atoms with Crippen LogP contribution in [0.1, 0.15) is 16.5 Å². The first-order valence-corrected chi connectivity index (χ1v) is 9.54. The molecule has 0 spiro atoms. The molecule has 7 nitrogen and oxygen atoms in total. The SMILES string of the molecule is O=C(O)C1CSC(c2ccc(OCc3ccc([N+](=O)[O-])cc3)c(Br)c2)N1. The fourth-order valence-corrected chi connectivity index (χ4v) is 4.21. The summed E-state index contributed by atoms with van der Waals surface area (Å²) in [7, 11) is 0. The van der Waals surface area contributed by atoms with Crippen molar-refractivity contribution in [3.8, 4) is 5.75 Å². The fraction of sp³-hybridized carbons (Fsp3) is 0.235. The second-order valence-corrected chi connectivity index (χ2v) is 7.67. The Morgan fingerprint density at radius 3 is 2.65 bits per heavy atom. The van der Waals surface area contributed by atoms with Gasteiger partial charge in [-0.15, -0.1) is 11.8 Å². The monoisotopic (exact) mass is 438 g/mol. The van der Waals surface area contributed by atoms with Crippen LogP contribution in [0.5, 0.6) is 5.75 Å². The smallest absolute Gasteiger partial charge is 0.321 e. The minimum absolute atomic E-state index is 0.0421. The van der Waals surface area contributed by atoms with E-state index in [0.29, 0.717) is 11.5 Å². The van der Waals surface area contributed by atoms with Crippen molar-refractivity contribution >= 4 is 39.3 Å². The number of carbonyl (C=O) groups is 1. The van der Waals surface area contributed by atoms with Gasteiger partial charge in [0.15, 0.2) is 0 Å². The van der Waals surface area contributed by atoms with E-state index in [2.05, 4.69) is 21.2 Å². The van der Waals surface area contributed by atoms with Crippen LogP contribution in [0.15, 0.2) is 46.9 Å². The van der Waals surface area contributed by atoms with Crippen molar-refractivity contribution in [1.82, 2.24) is 5.32 Å². The Hall–Kier alpha value is -2.10. The summed E-state index contributed by atoms with van der Waals surface area (Å²) in [5.41, 5.74) is 1.83. The van der Waals surface area contributed by atoms with Gasteiger partial charge in [-0.05, 0) is 51.3 Å². The highest BCUT2D eigenvalue weighted by molar-refractivity contribution is 9.10. The lowest BCUT2D eigenvalue weighted by atomic mass is 10.2. The number of carboxylic acid groups (broad SMARTS) is 1. The number of benzene rings is 2. The number of nitrogens with one attached hydrogen (secondary N) is 1. The molecule has 1 aliphatic rings. The maximum Gasteiger partial charge on any atom is 0.321 e. The first-order chi connectivity index (χ1) is 12.4. The average molecular weight is 439 g/mol. The Morgan fingerprint density at radius 1 is 1.35 bits per heavy atom. The summed E-state index contributed by atoms with van der Waals surface area (Å²) >= 11 is 5.03. The number of hydrogen-bond acceptors (Lipinski definition) is 6. The molecule has 0 saturated carbocycles. The summed E-state index contributed by atoms with van der Waals surface area (Å²) in [6.45, 7) is 0.285. The molecule has 1 fully saturated rings. The van der Waals surface area contributed by atoms with Crippen molar-refractivity contribution in [3.63, 3.8) is 0 Å². The molecule has 0 aliphatic carbocycles. The van der Waals surface area contributed by atoms with Crippen LogP contribution in [-0.2, 0) is 11.4 Å². The highest BCUT2D eigenvalue weighted by Crippen LogP contribution is 2.36. The number of rotatable bonds is 6. The van der Waals surface area contributed by atoms with Gasteiger partial charge in [-0.2, -0.15) is 0 Å². The molecule has 1 aliphatic heterocycles. The van der Waals surface area contributed by atoms with E-state index < -0.39 is 16.9 Å². The molecule has 2 unspecified atom stereocenters. The van der Waals surface area contributed by atoms with Gasteiger partial charge < -0.3 is 9.84 Å². The predicted octanol–water partition coefficient (Wildman–Crippen LogP) is 3.72. The van der Waals surface area contributed by atoms with Crippen LogP contribution in [0.25, 0.3) is 0 Å². The lowest BCUT2D eigenvalue weighted by Crippen LogP contribution is -2.33. The third-order valence-electron chi connectivity index (χ3n) is 3.88. The Morgan fingerprint density at radius 2 is 2.08 bits per heavy atom. The van der Waals surface area contributed by atoms with Gasteiger partial charge >= 0.3 is 5.97 Å². The number of ether oxygens (including phenoxy) is 1. The molecule has 0 amide bonds. The lowest BCUT2D eigenvalue weighted by molar-refractivity contribution is -0.384. The summed E-state index contributed by atoms with van der Waals surface area (Å²) in [6, 6.07) is 11.3. The molecule has 26 heavy (non-hydrogen) atoms. The number of nitro benzene ring substituents is 1. The largest absolute Gasteiger partial charge is 0.488 e. The Balaban J connectivity index is 1.63. The van der Waals surface area contributed by atoms with Gasteiger partial charge in [-0.1, -0.05) is 6.07 Å². The molecule has 1 heterocycles. The van der Waals surface area contributed by atoms with Crippen LogP contribution in [0.2, 0.25) is 0 Å². The molecule has 2 aromatic rings. The van der Waals surface area contributed by atoms with Gasteiger partial charge in [0.1, 0.15) is 18.4 Å². The van der Waals surface area contributed by atoms with E-state index in [9.17, 15) is 14.9 Å². The molecule has 1 saturated heterocycles. The maximum absolute atomic E-state index is 11.0. The molecule has 2 N–H and O–H groups in total. The summed E-state index contributed by atoms with van der Waals surface area (Å²) in [5.74, 6) is 0.322. The average Bonchev–Trinajstić information content (AvgIpc) is 3.11. The van der Waals surface area contributed by atoms with Gasteiger partial charge in [-0.3, -0.25) is 20.2 Å². The van der Waals surface area contributed by atoms with Crippen molar-refractivity contribution in [2.45, 2.75) is 18.0 Å². The van der Waals surface area contributed by atoms with Crippen molar-refractivity contribution < 1.29 is 19.6 Å². The zero-order valence-corrected chi connectivity index (χ0v) is 15.8. The van der Waals surface area contributed by atoms with Crippen LogP contribution in [-0.4, -0.2) is 27.8 Å². The number of thioether (sulfide) groups is 1. The molecule has 2 aromatic carbocycles. The van der Waals surface area contributed by atoms with Gasteiger partial charge in [-0.25, -0.2) is 0 Å². The summed E-state index contributed by atoms with van der Waals surface area (Å²) < 4.78 is 6.52. The molecule has 0 bridgehead atoms. The number of hydrogen-bond donors (Lipinski definition) is 2. The van der Waals surface area contributed by atoms with E-state index in [-0.39, 0.29) is 17.7 Å². The first kappa shape index (κ1) is 18.7. The maximum atomic E-state index is 11.0. The van der Waals surface area contributed by atoms with E-state index in [4.69, 9.17) is 9.84 Å². The Kier molecular flexibility index (Phi) is 5.80. The third kappa shape index (κ3) is 4.35. The zero-order chi connectivity index (χ0) is 18.7. The van der Waals surface area contributed by atoms with Gasteiger partial charge in [0.25, 0.3) is 5.69 Å². The molecular weight excluding hydrogens is 424 g/mol. The van der Waals surface area contributed by atoms with E-state index in [1.165, 1.54) is 12.1 Å². The van der Waals surface area contributed by atoms with Crippen LogP contribution < -0.4 is 10.1 Å². The third-order valence-corrected chi connectivity index (χ3v) is 5.77. The first-order valence-electron chi connectivity index (χ1n) is 7.70. The minimum Gasteiger partial charge on any atom is -0.488 e. The second-order valence-electron chi connectivity index (χ2n) is 5.67. The topological polar surface area (TPSA) is 102 Å². The minimum atomic E-state index is -0.845. The Bertz CT molecular complexity index is 830. The normalized spacial score (nSPS) is 19.3. The van der Waals surface area contributed by atoms with E-state index in [0.717, 1.165) is 15.6 Å². The molecule has 9 heteroatoms. The van der Waals surface area contributed by atoms with Gasteiger partial charge in [0.05, 0.1) is 14.8 Å². The number of nitrogens with zero attached hydrogens (tertiary/aromatic N) is 1. The zero-order valence-electron chi connectivity index (χ0n) is 13.4. The standard InChI is InChI=1S/C17H15BrN2O5S/c18-13-7-11(16-19-14(9-26-16)17(21)22)3-6-15(13)25-8-10-1-4-12(5-2-10)20(23)24/h1-7,14,16,19H,8-9H2,(H,21,22). The van der Waals surface area contributed by atoms with Gasteiger partial charge in [0.2, 0.25) is 0 Å². The van der Waals surface area contributed by atoms with E-state index in [1.54, 1.807) is 23.9 Å². The Labute approximate surface area is 162 Å². The van der Waals surface area contributed by atoms with Crippen molar-refractivity contribution in [2.24, 2.45) is 0 Å². The number of aliphatic carboxylic acids is 1. The predicted molar refractivity (Wildman–Crippen MR) is 101 cm³/mol. The van der Waals surface area contributed by atoms with Crippen molar-refractivity contribution in [3.05, 3.63) is 68.2 Å². The van der Waals surface area contributed by atoms with E-state index >= 15 is 0 Å². The van der Waals surface area contributed by atoms with Crippen LogP contribution in [0.3, 0.4) is 0 Å². The number of halogens is 1. The highest BCUT2D eigenvalue weighted by Gasteiger charge is 2.30. The van der Waals surface area contributed by atoms with Crippen LogP contribution in [0.4, 0.5) is 5.69 Å². The molecule has 0 radical (unpaired) electrons. The quantitative estimate of drug-likeness (QED) is 0.523. The fourth-order valence-electron chi connectivity index (χ4n) is 2.48. The van der Waals surface area contributed by atoms with E-state index in [1.807, 2.05) is 18.2 Å². The van der Waals surface area contributed by atoms with Crippen LogP contribution in [0, 0.1) is 10.1 Å². The summed E-state index contributed by atoms with van der Waals surface area (Å²) in [4.78, 5) is 21.3. The molecule has 136 valence electrons. The molecule has 0 aromatic heterocycles. The van der Waals surface area contributed by atoms with Crippen LogP contribution >= 0.6 is 27.7 Å². The molecular formula is C17H15BrN2O5S. The number of carboxylic acids is 1. The molecule has 3 rings (SSSR count). The summed E-state index contributed by atoms with van der Waals surface area (Å²) in [5, 5.41) is 22.7. The van der Waals surface area contributed by atoms with Crippen molar-refractivity contribution in [2.75, 3.05) is 5.75 Å². The summed E-state index contributed by atoms with van der Waals surface area (Å²) in [6.07, 6.45) is 0. The molecule has 2 atom stereocenters. The van der Waals surface area contributed by atoms with Crippen molar-refractivity contribution in [1.29, 1.82) is 0 Å². The number of non-ortho nitro benzene ring substituents is 1. The second kappa shape index (κ2) is 8.07. The highest BCUT2D eigenvalue weighted by atomic mass is 79.9. The lowest BCUT2D eigenvalue weighted by Gasteiger charge is -2.14. The number of nitro groups is 1. The van der Waals surface area contributed by atoms with Gasteiger partial charge in [0, 0.05) is 17.9 Å².